The number of carbonyl (C=O) groups excluding carboxylic acids is 6. The van der Waals surface area contributed by atoms with Crippen molar-refractivity contribution in [2.75, 3.05) is 38.2 Å². The summed E-state index contributed by atoms with van der Waals surface area (Å²) in [4.78, 5) is 82.4. The normalized spacial score (nSPS) is 19.4. The summed E-state index contributed by atoms with van der Waals surface area (Å²) >= 11 is 3.57. The number of carbonyl (C=O) groups is 6. The van der Waals surface area contributed by atoms with Crippen molar-refractivity contribution in [3.8, 4) is 0 Å². The SMILES string of the molecule is CCCC(NC(=O)C1CC2(CN1C(=O)C(NC(=O)OCC(C)C)C1CCCCC1)SCCCS2)C(=O)C(C)=O.CNCC(=O)NC(c1ccccc1)c1ncn[nH]1. The van der Waals surface area contributed by atoms with Crippen molar-refractivity contribution in [1.82, 2.24) is 41.3 Å². The van der Waals surface area contributed by atoms with Gasteiger partial charge in [0.25, 0.3) is 0 Å². The Bertz CT molecular complexity index is 1620. The third-order valence-electron chi connectivity index (χ3n) is 10.1. The third-order valence-corrected chi connectivity index (χ3v) is 13.5. The van der Waals surface area contributed by atoms with E-state index in [0.717, 1.165) is 55.6 Å². The lowest BCUT2D eigenvalue weighted by atomic mass is 9.83. The van der Waals surface area contributed by atoms with Crippen molar-refractivity contribution < 1.29 is 33.5 Å². The maximum Gasteiger partial charge on any atom is 0.407 e. The number of thioether (sulfide) groups is 2. The number of aromatic amines is 1. The Balaban J connectivity index is 0.000000332. The summed E-state index contributed by atoms with van der Waals surface area (Å²) < 4.78 is 5.06. The zero-order valence-electron chi connectivity index (χ0n) is 33.8. The van der Waals surface area contributed by atoms with E-state index in [4.69, 9.17) is 4.74 Å². The van der Waals surface area contributed by atoms with Crippen LogP contribution in [0.3, 0.4) is 0 Å². The van der Waals surface area contributed by atoms with Crippen LogP contribution in [0.4, 0.5) is 4.79 Å². The van der Waals surface area contributed by atoms with Crippen molar-refractivity contribution in [2.24, 2.45) is 11.8 Å². The van der Waals surface area contributed by atoms with Crippen LogP contribution in [0.15, 0.2) is 36.7 Å². The fourth-order valence-corrected chi connectivity index (χ4v) is 10.7. The van der Waals surface area contributed by atoms with E-state index in [0.29, 0.717) is 31.6 Å². The predicted octanol–water partition coefficient (Wildman–Crippen LogP) is 4.16. The second-order valence-corrected chi connectivity index (χ2v) is 18.5. The van der Waals surface area contributed by atoms with E-state index < -0.39 is 41.7 Å². The van der Waals surface area contributed by atoms with E-state index in [1.807, 2.05) is 51.1 Å². The first-order valence-electron chi connectivity index (χ1n) is 20.1. The molecular weight excluding hydrogens is 769 g/mol. The second kappa shape index (κ2) is 22.8. The molecule has 3 heterocycles. The second-order valence-electron chi connectivity index (χ2n) is 15.2. The number of ether oxygens (including phenoxy) is 1. The summed E-state index contributed by atoms with van der Waals surface area (Å²) in [7, 11) is 1.73. The van der Waals surface area contributed by atoms with Crippen LogP contribution in [0, 0.1) is 11.8 Å². The lowest BCUT2D eigenvalue weighted by Crippen LogP contribution is -2.57. The van der Waals surface area contributed by atoms with Crippen LogP contribution >= 0.6 is 23.5 Å². The summed E-state index contributed by atoms with van der Waals surface area (Å²) in [5.74, 6) is 0.677. The number of Topliss-reactive ketones (excluding diaryl/α,β-unsaturated/α-hetero) is 2. The molecule has 1 aromatic heterocycles. The minimum Gasteiger partial charge on any atom is -0.449 e. The fourth-order valence-electron chi connectivity index (χ4n) is 7.32. The molecule has 1 saturated carbocycles. The molecule has 0 radical (unpaired) electrons. The minimum absolute atomic E-state index is 0.0306. The van der Waals surface area contributed by atoms with Crippen molar-refractivity contribution in [2.45, 2.75) is 114 Å². The van der Waals surface area contributed by atoms with Crippen LogP contribution in [0.25, 0.3) is 0 Å². The van der Waals surface area contributed by atoms with Gasteiger partial charge in [-0.05, 0) is 61.6 Å². The van der Waals surface area contributed by atoms with E-state index in [9.17, 15) is 28.8 Å². The number of ketones is 2. The smallest absolute Gasteiger partial charge is 0.407 e. The molecule has 1 aliphatic carbocycles. The summed E-state index contributed by atoms with van der Waals surface area (Å²) in [5.41, 5.74) is 0.957. The molecule has 17 heteroatoms. The molecule has 5 N–H and O–H groups in total. The Kier molecular flexibility index (Phi) is 18.3. The molecule has 1 spiro atoms. The monoisotopic (exact) mass is 828 g/mol. The number of rotatable bonds is 16. The van der Waals surface area contributed by atoms with Crippen LogP contribution in [0.1, 0.15) is 103 Å². The van der Waals surface area contributed by atoms with Gasteiger partial charge in [-0.15, -0.1) is 23.5 Å². The van der Waals surface area contributed by atoms with Crippen molar-refractivity contribution in [1.29, 1.82) is 0 Å². The Hall–Kier alpha value is -3.96. The Morgan fingerprint density at radius 1 is 0.982 bits per heavy atom. The number of nitrogens with one attached hydrogen (secondary N) is 5. The van der Waals surface area contributed by atoms with Gasteiger partial charge in [0, 0.05) is 19.9 Å². The highest BCUT2D eigenvalue weighted by atomic mass is 32.2. The van der Waals surface area contributed by atoms with Gasteiger partial charge in [-0.25, -0.2) is 9.78 Å². The Morgan fingerprint density at radius 2 is 1.68 bits per heavy atom. The van der Waals surface area contributed by atoms with Crippen LogP contribution < -0.4 is 21.3 Å². The maximum atomic E-state index is 14.2. The zero-order chi connectivity index (χ0) is 41.4. The molecule has 3 fully saturated rings. The molecular formula is C40H60N8O7S2. The van der Waals surface area contributed by atoms with Crippen LogP contribution in [-0.4, -0.2) is 116 Å². The standard InChI is InChI=1S/C28H45N3O6S2.C12H15N5O/c1-5-10-21(24(33)19(4)32)29-25(34)22-15-28(38-13-9-14-39-28)17-31(22)26(35)23(20-11-7-6-8-12-20)30-27(36)37-16-18(2)3;1-13-7-10(18)16-11(12-14-8-15-17-12)9-5-3-2-4-6-9/h18,20-23H,5-17H2,1-4H3,(H,29,34)(H,30,36);2-6,8,11,13H,7H2,1H3,(H,16,18)(H,14,15,17). The van der Waals surface area contributed by atoms with Crippen molar-refractivity contribution in [3.63, 3.8) is 0 Å². The molecule has 4 unspecified atom stereocenters. The molecule has 4 atom stereocenters. The highest BCUT2D eigenvalue weighted by molar-refractivity contribution is 8.18. The molecule has 1 aromatic carbocycles. The van der Waals surface area contributed by atoms with Gasteiger partial charge in [0.05, 0.1) is 23.3 Å². The summed E-state index contributed by atoms with van der Waals surface area (Å²) in [6.07, 6.45) is 8.05. The summed E-state index contributed by atoms with van der Waals surface area (Å²) in [6, 6.07) is 6.86. The Morgan fingerprint density at radius 3 is 2.28 bits per heavy atom. The van der Waals surface area contributed by atoms with Gasteiger partial charge in [-0.3, -0.25) is 29.1 Å². The number of alkyl carbamates (subject to hydrolysis) is 1. The van der Waals surface area contributed by atoms with E-state index in [2.05, 4.69) is 36.4 Å². The number of H-pyrrole nitrogens is 1. The lowest BCUT2D eigenvalue weighted by Gasteiger charge is -2.35. The van der Waals surface area contributed by atoms with E-state index in [1.165, 1.54) is 13.3 Å². The number of hydrogen-bond donors (Lipinski definition) is 5. The van der Waals surface area contributed by atoms with Gasteiger partial charge in [0.2, 0.25) is 23.5 Å². The van der Waals surface area contributed by atoms with Gasteiger partial charge in [-0.2, -0.15) is 5.10 Å². The zero-order valence-corrected chi connectivity index (χ0v) is 35.5. The van der Waals surface area contributed by atoms with E-state index in [1.54, 1.807) is 35.5 Å². The highest BCUT2D eigenvalue weighted by Crippen LogP contribution is 2.50. The van der Waals surface area contributed by atoms with Crippen LogP contribution in [0.5, 0.6) is 0 Å². The number of hydrogen-bond acceptors (Lipinski definition) is 12. The molecule has 5 rings (SSSR count). The molecule has 0 bridgehead atoms. The minimum atomic E-state index is -0.904. The first-order chi connectivity index (χ1) is 27.4. The largest absolute Gasteiger partial charge is 0.449 e. The number of likely N-dealkylation sites (tertiary alicyclic amines) is 1. The first kappa shape index (κ1) is 45.7. The molecule has 314 valence electrons. The molecule has 57 heavy (non-hydrogen) atoms. The number of aromatic nitrogens is 3. The maximum absolute atomic E-state index is 14.2. The molecule has 4 amide bonds. The quantitative estimate of drug-likeness (QED) is 0.152. The van der Waals surface area contributed by atoms with Gasteiger partial charge >= 0.3 is 6.09 Å². The van der Waals surface area contributed by atoms with E-state index >= 15 is 0 Å². The van der Waals surface area contributed by atoms with Gasteiger partial charge in [-0.1, -0.05) is 76.8 Å². The average Bonchev–Trinajstić information content (AvgIpc) is 3.88. The van der Waals surface area contributed by atoms with Gasteiger partial charge in [0.15, 0.2) is 11.6 Å². The van der Waals surface area contributed by atoms with Crippen molar-refractivity contribution >= 4 is 58.9 Å². The first-order valence-corrected chi connectivity index (χ1v) is 22.1. The number of benzene rings is 1. The predicted molar refractivity (Wildman–Crippen MR) is 221 cm³/mol. The molecule has 2 aromatic rings. The molecule has 3 aliphatic rings. The Labute approximate surface area is 344 Å². The van der Waals surface area contributed by atoms with Crippen molar-refractivity contribution in [3.05, 3.63) is 48.0 Å². The topological polar surface area (TPSA) is 205 Å². The molecule has 2 aliphatic heterocycles. The third kappa shape index (κ3) is 13.6. The number of amides is 4. The summed E-state index contributed by atoms with van der Waals surface area (Å²) in [6.45, 7) is 7.91. The molecule has 2 saturated heterocycles. The average molecular weight is 829 g/mol. The number of nitrogens with zero attached hydrogens (tertiary/aromatic N) is 3. The fraction of sp³-hybridized carbons (Fsp3) is 0.650. The van der Waals surface area contributed by atoms with Gasteiger partial charge in [0.1, 0.15) is 24.5 Å². The number of likely N-dealkylation sites (N-methyl/N-ethyl adjacent to an activating group) is 1. The highest BCUT2D eigenvalue weighted by Gasteiger charge is 2.52. The van der Waals surface area contributed by atoms with Crippen LogP contribution in [0.2, 0.25) is 0 Å². The lowest BCUT2D eigenvalue weighted by molar-refractivity contribution is -0.142. The van der Waals surface area contributed by atoms with Crippen LogP contribution in [-0.2, 0) is 28.7 Å². The molecule has 15 nitrogen and oxygen atoms in total. The van der Waals surface area contributed by atoms with E-state index in [-0.39, 0.29) is 46.9 Å². The van der Waals surface area contributed by atoms with Gasteiger partial charge < -0.3 is 30.9 Å². The summed E-state index contributed by atoms with van der Waals surface area (Å²) in [5, 5.41) is 18.0.